The highest BCUT2D eigenvalue weighted by atomic mass is 15.1. The third-order valence-corrected chi connectivity index (χ3v) is 8.31. The molecule has 0 aliphatic heterocycles. The second-order valence-electron chi connectivity index (χ2n) is 13.0. The van der Waals surface area contributed by atoms with Crippen LogP contribution in [-0.2, 0) is 13.1 Å². The van der Waals surface area contributed by atoms with Crippen molar-refractivity contribution in [2.45, 2.75) is 92.2 Å². The molecule has 0 atom stereocenters. The summed E-state index contributed by atoms with van der Waals surface area (Å²) in [4.78, 5) is 0. The van der Waals surface area contributed by atoms with E-state index < -0.39 is 0 Å². The maximum absolute atomic E-state index is 2.35. The molecule has 4 nitrogen and oxygen atoms in total. The molecule has 0 saturated carbocycles. The van der Waals surface area contributed by atoms with Crippen LogP contribution in [-0.4, -0.2) is 9.13 Å². The summed E-state index contributed by atoms with van der Waals surface area (Å²) in [6.07, 6.45) is 13.3. The zero-order chi connectivity index (χ0) is 30.0. The summed E-state index contributed by atoms with van der Waals surface area (Å²) in [5, 5.41) is 0. The van der Waals surface area contributed by atoms with Crippen molar-refractivity contribution >= 4 is 0 Å². The number of para-hydroxylation sites is 2. The van der Waals surface area contributed by atoms with Crippen molar-refractivity contribution in [3.63, 3.8) is 0 Å². The van der Waals surface area contributed by atoms with E-state index in [9.17, 15) is 0 Å². The normalized spacial score (nSPS) is 11.9. The topological polar surface area (TPSA) is 17.6 Å². The van der Waals surface area contributed by atoms with Crippen LogP contribution in [0.15, 0.2) is 98.1 Å². The molecule has 5 aromatic rings. The molecule has 0 fully saturated rings. The Morgan fingerprint density at radius 3 is 1.17 bits per heavy atom. The smallest absolute Gasteiger partial charge is 0.232 e. The van der Waals surface area contributed by atoms with Crippen LogP contribution in [0.25, 0.3) is 11.4 Å². The lowest BCUT2D eigenvalue weighted by Gasteiger charge is -2.16. The molecular formula is C38H48N4+2. The Kier molecular flexibility index (Phi) is 8.82. The first-order valence-corrected chi connectivity index (χ1v) is 15.6. The highest BCUT2D eigenvalue weighted by Gasteiger charge is 2.21. The van der Waals surface area contributed by atoms with Gasteiger partial charge in [0, 0.05) is 22.3 Å². The summed E-state index contributed by atoms with van der Waals surface area (Å²) in [6.45, 7) is 19.9. The predicted octanol–water partition coefficient (Wildman–Crippen LogP) is 8.43. The second-order valence-corrected chi connectivity index (χ2v) is 13.0. The van der Waals surface area contributed by atoms with Crippen molar-refractivity contribution in [3.05, 3.63) is 131 Å². The molecule has 42 heavy (non-hydrogen) atoms. The summed E-state index contributed by atoms with van der Waals surface area (Å²) in [5.74, 6) is 1.87. The van der Waals surface area contributed by atoms with E-state index in [0.29, 0.717) is 23.7 Å². The van der Waals surface area contributed by atoms with Crippen LogP contribution >= 0.6 is 0 Å². The van der Waals surface area contributed by atoms with Crippen LogP contribution in [0, 0.1) is 0 Å². The van der Waals surface area contributed by atoms with E-state index in [-0.39, 0.29) is 0 Å². The molecular weight excluding hydrogens is 512 g/mol. The van der Waals surface area contributed by atoms with E-state index in [1.54, 1.807) is 0 Å². The molecule has 3 aromatic carbocycles. The monoisotopic (exact) mass is 560 g/mol. The number of aromatic nitrogens is 4. The van der Waals surface area contributed by atoms with Crippen LogP contribution in [0.2, 0.25) is 0 Å². The fraction of sp³-hybridized carbons (Fsp3) is 0.368. The number of hydrogen-bond acceptors (Lipinski definition) is 0. The average Bonchev–Trinajstić information content (AvgIpc) is 3.62. The Morgan fingerprint density at radius 1 is 0.500 bits per heavy atom. The Morgan fingerprint density at radius 2 is 0.833 bits per heavy atom. The number of nitrogens with zero attached hydrogens (tertiary/aromatic N) is 4. The van der Waals surface area contributed by atoms with E-state index in [2.05, 4.69) is 172 Å². The van der Waals surface area contributed by atoms with E-state index in [1.807, 2.05) is 0 Å². The standard InChI is InChI=1S/C38H48N4/c1-27(2)33-14-10-15-34(28(3)4)37(33)41-20-18-39(25-41)23-31-12-9-13-32(22-31)24-40-19-21-42(26-40)38-35(29(5)6)16-11-17-36(38)30(7)8/h9-22,25-30H,23-24H2,1-8H3/q+2. The minimum Gasteiger partial charge on any atom is -0.232 e. The molecule has 5 rings (SSSR count). The first-order valence-electron chi connectivity index (χ1n) is 15.6. The second kappa shape index (κ2) is 12.5. The van der Waals surface area contributed by atoms with Gasteiger partial charge in [-0.3, -0.25) is 0 Å². The van der Waals surface area contributed by atoms with E-state index in [0.717, 1.165) is 13.1 Å². The Hall–Kier alpha value is -3.92. The van der Waals surface area contributed by atoms with Crippen molar-refractivity contribution in [2.24, 2.45) is 0 Å². The molecule has 0 radical (unpaired) electrons. The lowest BCUT2D eigenvalue weighted by atomic mass is 9.92. The minimum absolute atomic E-state index is 0.467. The SMILES string of the molecule is CC(C)c1cccc(C(C)C)c1-n1cc[n+](Cc2cccc(C[n+]3ccn(-c4c(C(C)C)cccc4C(C)C)c3)c2)c1. The van der Waals surface area contributed by atoms with Crippen molar-refractivity contribution < 1.29 is 9.13 Å². The van der Waals surface area contributed by atoms with Gasteiger partial charge in [0.05, 0.1) is 0 Å². The molecule has 0 aliphatic rings. The Labute approximate surface area is 252 Å². The van der Waals surface area contributed by atoms with Crippen molar-refractivity contribution in [3.8, 4) is 11.4 Å². The average molecular weight is 561 g/mol. The van der Waals surface area contributed by atoms with Gasteiger partial charge in [0.2, 0.25) is 12.7 Å². The zero-order valence-electron chi connectivity index (χ0n) is 26.8. The third kappa shape index (κ3) is 6.28. The van der Waals surface area contributed by atoms with Gasteiger partial charge < -0.3 is 0 Å². The fourth-order valence-corrected chi connectivity index (χ4v) is 6.11. The molecule has 0 bridgehead atoms. The van der Waals surface area contributed by atoms with Gasteiger partial charge in [0.25, 0.3) is 0 Å². The largest absolute Gasteiger partial charge is 0.249 e. The van der Waals surface area contributed by atoms with Crippen molar-refractivity contribution in [1.82, 2.24) is 9.13 Å². The minimum atomic E-state index is 0.467. The maximum Gasteiger partial charge on any atom is 0.249 e. The fourth-order valence-electron chi connectivity index (χ4n) is 6.11. The van der Waals surface area contributed by atoms with E-state index >= 15 is 0 Å². The molecule has 218 valence electrons. The summed E-state index contributed by atoms with van der Waals surface area (Å²) in [7, 11) is 0. The van der Waals surface area contributed by atoms with Gasteiger partial charge in [-0.1, -0.05) is 110 Å². The highest BCUT2D eigenvalue weighted by molar-refractivity contribution is 5.52. The lowest BCUT2D eigenvalue weighted by Crippen LogP contribution is -2.33. The van der Waals surface area contributed by atoms with Gasteiger partial charge in [-0.25, -0.2) is 18.3 Å². The quantitative estimate of drug-likeness (QED) is 0.153. The maximum atomic E-state index is 2.35. The molecule has 2 heterocycles. The molecule has 0 amide bonds. The summed E-state index contributed by atoms with van der Waals surface area (Å²) >= 11 is 0. The molecule has 0 spiro atoms. The van der Waals surface area contributed by atoms with E-state index in [1.165, 1.54) is 44.8 Å². The van der Waals surface area contributed by atoms with Gasteiger partial charge in [-0.15, -0.1) is 0 Å². The molecule has 0 aliphatic carbocycles. The number of hydrogen-bond donors (Lipinski definition) is 0. The van der Waals surface area contributed by atoms with Crippen molar-refractivity contribution in [1.29, 1.82) is 0 Å². The molecule has 0 unspecified atom stereocenters. The summed E-state index contributed by atoms with van der Waals surface area (Å²) < 4.78 is 9.21. The first kappa shape index (κ1) is 29.6. The van der Waals surface area contributed by atoms with Gasteiger partial charge in [0.1, 0.15) is 49.3 Å². The zero-order valence-corrected chi connectivity index (χ0v) is 26.8. The molecule has 4 heteroatoms. The van der Waals surface area contributed by atoms with Crippen molar-refractivity contribution in [2.75, 3.05) is 0 Å². The lowest BCUT2D eigenvalue weighted by molar-refractivity contribution is -0.688. The van der Waals surface area contributed by atoms with Crippen LogP contribution in [0.4, 0.5) is 0 Å². The number of imidazole rings is 2. The van der Waals surface area contributed by atoms with Crippen LogP contribution in [0.3, 0.4) is 0 Å². The molecule has 0 saturated heterocycles. The number of rotatable bonds is 10. The van der Waals surface area contributed by atoms with Gasteiger partial charge in [-0.2, -0.15) is 0 Å². The van der Waals surface area contributed by atoms with Crippen LogP contribution in [0.5, 0.6) is 0 Å². The third-order valence-electron chi connectivity index (χ3n) is 8.31. The van der Waals surface area contributed by atoms with Crippen LogP contribution in [0.1, 0.15) is 112 Å². The molecule has 2 aromatic heterocycles. The Bertz CT molecular complexity index is 1480. The van der Waals surface area contributed by atoms with Gasteiger partial charge >= 0.3 is 0 Å². The Balaban J connectivity index is 1.37. The summed E-state index contributed by atoms with van der Waals surface area (Å²) in [6, 6.07) is 22.5. The van der Waals surface area contributed by atoms with Gasteiger partial charge in [0.15, 0.2) is 0 Å². The highest BCUT2D eigenvalue weighted by Crippen LogP contribution is 2.32. The summed E-state index contributed by atoms with van der Waals surface area (Å²) in [5.41, 5.74) is 10.9. The first-order chi connectivity index (χ1) is 20.1. The van der Waals surface area contributed by atoms with Crippen LogP contribution < -0.4 is 9.13 Å². The predicted molar refractivity (Wildman–Crippen MR) is 173 cm³/mol. The number of benzene rings is 3. The van der Waals surface area contributed by atoms with Gasteiger partial charge in [-0.05, 0) is 40.9 Å². The molecule has 0 N–H and O–H groups in total. The van der Waals surface area contributed by atoms with E-state index in [4.69, 9.17) is 0 Å².